The van der Waals surface area contributed by atoms with Gasteiger partial charge < -0.3 is 10.4 Å². The van der Waals surface area contributed by atoms with Crippen LogP contribution in [0.4, 0.5) is 0 Å². The Morgan fingerprint density at radius 1 is 1.43 bits per heavy atom. The highest BCUT2D eigenvalue weighted by Crippen LogP contribution is 2.20. The van der Waals surface area contributed by atoms with Gasteiger partial charge in [0.2, 0.25) is 0 Å². The number of rotatable bonds is 4. The van der Waals surface area contributed by atoms with Crippen LogP contribution in [-0.2, 0) is 6.54 Å². The minimum Gasteiger partial charge on any atom is -0.477 e. The molecule has 1 amide bonds. The third kappa shape index (κ3) is 3.69. The van der Waals surface area contributed by atoms with Gasteiger partial charge in [0.15, 0.2) is 0 Å². The highest BCUT2D eigenvalue weighted by Gasteiger charge is 2.15. The average molecular weight is 346 g/mol. The lowest BCUT2D eigenvalue weighted by Gasteiger charge is -2.03. The number of thiazole rings is 1. The van der Waals surface area contributed by atoms with Crippen molar-refractivity contribution in [2.75, 3.05) is 0 Å². The van der Waals surface area contributed by atoms with Gasteiger partial charge in [-0.05, 0) is 13.0 Å². The van der Waals surface area contributed by atoms with Crippen LogP contribution in [0.5, 0.6) is 0 Å². The van der Waals surface area contributed by atoms with E-state index < -0.39 is 11.9 Å². The Labute approximate surface area is 133 Å². The Hall–Kier alpha value is -1.70. The number of nitrogens with one attached hydrogen (secondary N) is 1. The highest BCUT2D eigenvalue weighted by molar-refractivity contribution is 7.13. The molecule has 0 radical (unpaired) electrons. The largest absolute Gasteiger partial charge is 0.477 e. The fourth-order valence-corrected chi connectivity index (χ4v) is 2.64. The second-order valence-corrected chi connectivity index (χ2v) is 5.86. The van der Waals surface area contributed by atoms with Crippen molar-refractivity contribution in [3.63, 3.8) is 0 Å². The second-order valence-electron chi connectivity index (χ2n) is 4.01. The number of carbonyl (C=O) groups is 2. The number of aromatic nitrogens is 2. The van der Waals surface area contributed by atoms with E-state index in [1.54, 1.807) is 6.92 Å². The minimum atomic E-state index is -1.03. The molecule has 2 N–H and O–H groups in total. The Balaban J connectivity index is 2.05. The lowest BCUT2D eigenvalue weighted by Crippen LogP contribution is -2.22. The predicted molar refractivity (Wildman–Crippen MR) is 79.2 cm³/mol. The van der Waals surface area contributed by atoms with Crippen LogP contribution in [0.25, 0.3) is 0 Å². The first-order valence-corrected chi connectivity index (χ1v) is 7.24. The maximum atomic E-state index is 11.9. The summed E-state index contributed by atoms with van der Waals surface area (Å²) < 4.78 is 0. The molecule has 2 rings (SSSR count). The van der Waals surface area contributed by atoms with Gasteiger partial charge in [-0.1, -0.05) is 23.2 Å². The number of nitrogens with zero attached hydrogens (tertiary/aromatic N) is 2. The van der Waals surface area contributed by atoms with Gasteiger partial charge in [0.1, 0.15) is 15.0 Å². The van der Waals surface area contributed by atoms with Gasteiger partial charge in [0.25, 0.3) is 5.91 Å². The highest BCUT2D eigenvalue weighted by atomic mass is 35.5. The van der Waals surface area contributed by atoms with Crippen LogP contribution in [0.15, 0.2) is 12.3 Å². The summed E-state index contributed by atoms with van der Waals surface area (Å²) in [5, 5.41) is 12.4. The van der Waals surface area contributed by atoms with Crippen molar-refractivity contribution < 1.29 is 14.7 Å². The van der Waals surface area contributed by atoms with E-state index in [-0.39, 0.29) is 27.2 Å². The molecule has 0 aliphatic rings. The topological polar surface area (TPSA) is 92.2 Å². The molecule has 0 aliphatic heterocycles. The van der Waals surface area contributed by atoms with Crippen LogP contribution in [0, 0.1) is 6.92 Å². The Bertz CT molecular complexity index is 718. The van der Waals surface area contributed by atoms with Gasteiger partial charge in [-0.2, -0.15) is 0 Å². The van der Waals surface area contributed by atoms with Crippen LogP contribution < -0.4 is 5.32 Å². The lowest BCUT2D eigenvalue weighted by molar-refractivity contribution is 0.0701. The molecule has 0 fully saturated rings. The molecule has 2 heterocycles. The molecule has 0 bridgehead atoms. The fourth-order valence-electron chi connectivity index (χ4n) is 1.53. The van der Waals surface area contributed by atoms with Gasteiger partial charge in [-0.25, -0.2) is 14.8 Å². The van der Waals surface area contributed by atoms with Crippen molar-refractivity contribution in [2.45, 2.75) is 13.5 Å². The van der Waals surface area contributed by atoms with Gasteiger partial charge >= 0.3 is 5.97 Å². The standard InChI is InChI=1S/C12H9Cl2N3O3S/c1-5-9(12(19)20)21-8(17-5)4-16-11(18)6-2-7(13)10(14)15-3-6/h2-3H,4H2,1H3,(H,16,18)(H,19,20). The van der Waals surface area contributed by atoms with E-state index in [1.165, 1.54) is 12.3 Å². The number of hydrogen-bond acceptors (Lipinski definition) is 5. The minimum absolute atomic E-state index is 0.120. The normalized spacial score (nSPS) is 10.4. The van der Waals surface area contributed by atoms with Crippen LogP contribution in [-0.4, -0.2) is 27.0 Å². The molecule has 0 spiro atoms. The van der Waals surface area contributed by atoms with Crippen molar-refractivity contribution in [1.29, 1.82) is 0 Å². The summed E-state index contributed by atoms with van der Waals surface area (Å²) in [5.74, 6) is -1.43. The van der Waals surface area contributed by atoms with Gasteiger partial charge in [-0.3, -0.25) is 4.79 Å². The maximum Gasteiger partial charge on any atom is 0.347 e. The Kier molecular flexibility index (Phi) is 4.76. The first-order valence-electron chi connectivity index (χ1n) is 5.67. The van der Waals surface area contributed by atoms with Crippen LogP contribution in [0.3, 0.4) is 0 Å². The van der Waals surface area contributed by atoms with Crippen LogP contribution in [0.1, 0.15) is 30.7 Å². The molecule has 21 heavy (non-hydrogen) atoms. The van der Waals surface area contributed by atoms with Crippen LogP contribution in [0.2, 0.25) is 10.2 Å². The summed E-state index contributed by atoms with van der Waals surface area (Å²) in [6, 6.07) is 1.40. The predicted octanol–water partition coefficient (Wildman–Crippen LogP) is 2.78. The number of pyridine rings is 1. The molecule has 0 unspecified atom stereocenters. The van der Waals surface area contributed by atoms with Crippen molar-refractivity contribution in [1.82, 2.24) is 15.3 Å². The van der Waals surface area contributed by atoms with Gasteiger partial charge in [0.05, 0.1) is 22.8 Å². The summed E-state index contributed by atoms with van der Waals surface area (Å²) >= 11 is 12.5. The number of hydrogen-bond donors (Lipinski definition) is 2. The molecule has 0 aromatic carbocycles. The number of aromatic carboxylic acids is 1. The molecular formula is C12H9Cl2N3O3S. The van der Waals surface area contributed by atoms with E-state index in [0.717, 1.165) is 11.3 Å². The van der Waals surface area contributed by atoms with E-state index in [1.807, 2.05) is 0 Å². The van der Waals surface area contributed by atoms with E-state index in [9.17, 15) is 9.59 Å². The van der Waals surface area contributed by atoms with Gasteiger partial charge in [-0.15, -0.1) is 11.3 Å². The van der Waals surface area contributed by atoms with Crippen molar-refractivity contribution >= 4 is 46.4 Å². The molecule has 110 valence electrons. The third-order valence-electron chi connectivity index (χ3n) is 2.49. The van der Waals surface area contributed by atoms with E-state index >= 15 is 0 Å². The fraction of sp³-hybridized carbons (Fsp3) is 0.167. The second kappa shape index (κ2) is 6.38. The Morgan fingerprint density at radius 3 is 2.71 bits per heavy atom. The SMILES string of the molecule is Cc1nc(CNC(=O)c2cnc(Cl)c(Cl)c2)sc1C(=O)O. The number of carboxylic acids is 1. The molecule has 0 atom stereocenters. The first-order chi connectivity index (χ1) is 9.88. The molecular weight excluding hydrogens is 337 g/mol. The van der Waals surface area contributed by atoms with E-state index in [0.29, 0.717) is 10.7 Å². The summed E-state index contributed by atoms with van der Waals surface area (Å²) in [5.41, 5.74) is 0.684. The number of amides is 1. The van der Waals surface area contributed by atoms with Crippen molar-refractivity contribution in [3.05, 3.63) is 43.6 Å². The molecule has 2 aromatic heterocycles. The monoisotopic (exact) mass is 345 g/mol. The van der Waals surface area contributed by atoms with Crippen LogP contribution >= 0.6 is 34.5 Å². The molecule has 0 saturated carbocycles. The quantitative estimate of drug-likeness (QED) is 0.831. The van der Waals surface area contributed by atoms with Crippen molar-refractivity contribution in [2.24, 2.45) is 0 Å². The zero-order valence-corrected chi connectivity index (χ0v) is 13.0. The summed E-state index contributed by atoms with van der Waals surface area (Å²) in [6.07, 6.45) is 1.30. The maximum absolute atomic E-state index is 11.9. The summed E-state index contributed by atoms with van der Waals surface area (Å²) in [4.78, 5) is 30.9. The van der Waals surface area contributed by atoms with E-state index in [2.05, 4.69) is 15.3 Å². The smallest absolute Gasteiger partial charge is 0.347 e. The van der Waals surface area contributed by atoms with E-state index in [4.69, 9.17) is 28.3 Å². The summed E-state index contributed by atoms with van der Waals surface area (Å²) in [6.45, 7) is 1.73. The zero-order chi connectivity index (χ0) is 15.6. The zero-order valence-electron chi connectivity index (χ0n) is 10.7. The Morgan fingerprint density at radius 2 is 2.14 bits per heavy atom. The third-order valence-corrected chi connectivity index (χ3v) is 4.33. The molecule has 2 aromatic rings. The lowest BCUT2D eigenvalue weighted by atomic mass is 10.3. The summed E-state index contributed by atoms with van der Waals surface area (Å²) in [7, 11) is 0. The number of aryl methyl sites for hydroxylation is 1. The number of halogens is 2. The van der Waals surface area contributed by atoms with Crippen molar-refractivity contribution in [3.8, 4) is 0 Å². The first kappa shape index (κ1) is 15.7. The molecule has 6 nitrogen and oxygen atoms in total. The molecule has 0 saturated heterocycles. The molecule has 0 aliphatic carbocycles. The average Bonchev–Trinajstić information content (AvgIpc) is 2.80. The number of carboxylic acid groups (broad SMARTS) is 1. The molecule has 9 heteroatoms. The van der Waals surface area contributed by atoms with Gasteiger partial charge in [0, 0.05) is 6.20 Å². The number of carbonyl (C=O) groups excluding carboxylic acids is 1.